The van der Waals surface area contributed by atoms with Crippen molar-refractivity contribution in [2.45, 2.75) is 13.0 Å². The molecule has 1 aliphatic rings. The molecular weight excluding hydrogens is 244 g/mol. The van der Waals surface area contributed by atoms with Crippen molar-refractivity contribution in [1.82, 2.24) is 9.88 Å². The fourth-order valence-electron chi connectivity index (χ4n) is 1.82. The second kappa shape index (κ2) is 4.71. The van der Waals surface area contributed by atoms with Crippen LogP contribution in [0.1, 0.15) is 12.1 Å². The first-order chi connectivity index (χ1) is 8.06. The van der Waals surface area contributed by atoms with Crippen molar-refractivity contribution < 1.29 is 14.7 Å². The number of pyridine rings is 1. The molecule has 0 saturated carbocycles. The normalized spacial score (nSPS) is 19.7. The van der Waals surface area contributed by atoms with Crippen molar-refractivity contribution in [2.24, 2.45) is 5.92 Å². The Kier molecular flexibility index (Phi) is 3.28. The van der Waals surface area contributed by atoms with Crippen molar-refractivity contribution >= 4 is 23.5 Å². The van der Waals surface area contributed by atoms with E-state index in [4.69, 9.17) is 16.7 Å². The predicted octanol–water partition coefficient (Wildman–Crippen LogP) is 1.17. The zero-order valence-electron chi connectivity index (χ0n) is 8.97. The second-order valence-corrected chi connectivity index (χ2v) is 4.42. The van der Waals surface area contributed by atoms with Gasteiger partial charge in [0.25, 0.3) is 0 Å². The van der Waals surface area contributed by atoms with Gasteiger partial charge in [0.05, 0.1) is 18.2 Å². The van der Waals surface area contributed by atoms with Crippen LogP contribution in [0.2, 0.25) is 5.02 Å². The summed E-state index contributed by atoms with van der Waals surface area (Å²) in [5.41, 5.74) is 0.664. The van der Waals surface area contributed by atoms with E-state index in [0.29, 0.717) is 17.3 Å². The number of rotatable bonds is 3. The highest BCUT2D eigenvalue weighted by atomic mass is 35.5. The molecule has 5 nitrogen and oxygen atoms in total. The van der Waals surface area contributed by atoms with E-state index in [0.717, 1.165) is 0 Å². The van der Waals surface area contributed by atoms with Crippen LogP contribution in [0.4, 0.5) is 0 Å². The van der Waals surface area contributed by atoms with Crippen LogP contribution >= 0.6 is 11.6 Å². The Morgan fingerprint density at radius 2 is 2.41 bits per heavy atom. The molecule has 0 aliphatic carbocycles. The first kappa shape index (κ1) is 11.9. The van der Waals surface area contributed by atoms with Gasteiger partial charge in [-0.2, -0.15) is 0 Å². The average molecular weight is 255 g/mol. The van der Waals surface area contributed by atoms with Crippen molar-refractivity contribution in [1.29, 1.82) is 0 Å². The molecule has 1 aromatic rings. The highest BCUT2D eigenvalue weighted by Gasteiger charge is 2.34. The molecule has 1 aromatic heterocycles. The molecule has 0 bridgehead atoms. The smallest absolute Gasteiger partial charge is 0.308 e. The van der Waals surface area contributed by atoms with Gasteiger partial charge in [-0.1, -0.05) is 11.6 Å². The van der Waals surface area contributed by atoms with Crippen LogP contribution in [0.3, 0.4) is 0 Å². The molecule has 1 unspecified atom stereocenters. The van der Waals surface area contributed by atoms with Gasteiger partial charge in [-0.15, -0.1) is 0 Å². The molecule has 1 N–H and O–H groups in total. The number of aliphatic carboxylic acids is 1. The van der Waals surface area contributed by atoms with Gasteiger partial charge < -0.3 is 10.0 Å². The minimum atomic E-state index is -0.931. The predicted molar refractivity (Wildman–Crippen MR) is 60.4 cm³/mol. The van der Waals surface area contributed by atoms with Crippen molar-refractivity contribution in [3.8, 4) is 0 Å². The van der Waals surface area contributed by atoms with Crippen LogP contribution < -0.4 is 0 Å². The number of halogens is 1. The van der Waals surface area contributed by atoms with E-state index in [1.165, 1.54) is 4.90 Å². The molecule has 0 radical (unpaired) electrons. The fourth-order valence-corrected chi connectivity index (χ4v) is 2.00. The summed E-state index contributed by atoms with van der Waals surface area (Å²) >= 11 is 5.81. The van der Waals surface area contributed by atoms with Gasteiger partial charge in [-0.05, 0) is 12.1 Å². The molecule has 1 saturated heterocycles. The fraction of sp³-hybridized carbons (Fsp3) is 0.364. The lowest BCUT2D eigenvalue weighted by atomic mass is 10.1. The van der Waals surface area contributed by atoms with E-state index in [-0.39, 0.29) is 18.9 Å². The number of aromatic nitrogens is 1. The molecule has 1 fully saturated rings. The van der Waals surface area contributed by atoms with Gasteiger partial charge in [-0.25, -0.2) is 0 Å². The summed E-state index contributed by atoms with van der Waals surface area (Å²) in [6.45, 7) is 0.547. The van der Waals surface area contributed by atoms with Crippen molar-refractivity contribution in [3.63, 3.8) is 0 Å². The van der Waals surface area contributed by atoms with Crippen LogP contribution in [0, 0.1) is 5.92 Å². The number of carbonyl (C=O) groups is 2. The first-order valence-electron chi connectivity index (χ1n) is 5.17. The Balaban J connectivity index is 2.05. The number of nitrogens with zero attached hydrogens (tertiary/aromatic N) is 2. The van der Waals surface area contributed by atoms with E-state index in [1.54, 1.807) is 18.3 Å². The molecule has 6 heteroatoms. The first-order valence-corrected chi connectivity index (χ1v) is 5.55. The number of likely N-dealkylation sites (tertiary alicyclic amines) is 1. The maximum absolute atomic E-state index is 11.6. The molecule has 1 atom stereocenters. The number of carboxylic acid groups (broad SMARTS) is 1. The quantitative estimate of drug-likeness (QED) is 0.879. The zero-order chi connectivity index (χ0) is 12.4. The molecule has 0 spiro atoms. The molecule has 17 heavy (non-hydrogen) atoms. The van der Waals surface area contributed by atoms with E-state index in [1.807, 2.05) is 0 Å². The zero-order valence-corrected chi connectivity index (χ0v) is 9.72. The summed E-state index contributed by atoms with van der Waals surface area (Å²) in [7, 11) is 0. The summed E-state index contributed by atoms with van der Waals surface area (Å²) in [4.78, 5) is 27.9. The number of hydrogen-bond acceptors (Lipinski definition) is 3. The van der Waals surface area contributed by atoms with E-state index >= 15 is 0 Å². The lowest BCUT2D eigenvalue weighted by molar-refractivity contribution is -0.141. The molecule has 2 heterocycles. The van der Waals surface area contributed by atoms with Crippen LogP contribution in [-0.4, -0.2) is 33.4 Å². The molecule has 1 aliphatic heterocycles. The number of amides is 1. The third-order valence-corrected chi connectivity index (χ3v) is 2.93. The second-order valence-electron chi connectivity index (χ2n) is 3.98. The van der Waals surface area contributed by atoms with Gasteiger partial charge >= 0.3 is 5.97 Å². The highest BCUT2D eigenvalue weighted by Crippen LogP contribution is 2.20. The van der Waals surface area contributed by atoms with Crippen molar-refractivity contribution in [2.75, 3.05) is 6.54 Å². The van der Waals surface area contributed by atoms with Crippen LogP contribution in [0.25, 0.3) is 0 Å². The lowest BCUT2D eigenvalue weighted by Crippen LogP contribution is -2.26. The summed E-state index contributed by atoms with van der Waals surface area (Å²) in [5.74, 6) is -1.69. The molecule has 1 amide bonds. The van der Waals surface area contributed by atoms with Crippen LogP contribution in [-0.2, 0) is 16.1 Å². The minimum Gasteiger partial charge on any atom is -0.481 e. The number of carboxylic acids is 1. The molecular formula is C11H11ClN2O3. The Labute approximate surface area is 103 Å². The Morgan fingerprint density at radius 1 is 1.65 bits per heavy atom. The average Bonchev–Trinajstić information content (AvgIpc) is 2.61. The van der Waals surface area contributed by atoms with Gasteiger partial charge in [0.2, 0.25) is 5.91 Å². The van der Waals surface area contributed by atoms with Crippen LogP contribution in [0.15, 0.2) is 18.3 Å². The van der Waals surface area contributed by atoms with E-state index < -0.39 is 11.9 Å². The van der Waals surface area contributed by atoms with Gasteiger partial charge in [-0.3, -0.25) is 14.6 Å². The summed E-state index contributed by atoms with van der Waals surface area (Å²) < 4.78 is 0. The SMILES string of the molecule is O=C(O)C1CC(=O)N(Cc2cc(Cl)ccn2)C1. The van der Waals surface area contributed by atoms with Crippen LogP contribution in [0.5, 0.6) is 0 Å². The third-order valence-electron chi connectivity index (χ3n) is 2.70. The summed E-state index contributed by atoms with van der Waals surface area (Å²) in [6, 6.07) is 3.32. The molecule has 0 aromatic carbocycles. The van der Waals surface area contributed by atoms with E-state index in [9.17, 15) is 9.59 Å². The maximum Gasteiger partial charge on any atom is 0.308 e. The number of hydrogen-bond donors (Lipinski definition) is 1. The van der Waals surface area contributed by atoms with Gasteiger partial charge in [0.1, 0.15) is 0 Å². The lowest BCUT2D eigenvalue weighted by Gasteiger charge is -2.15. The summed E-state index contributed by atoms with van der Waals surface area (Å²) in [5, 5.41) is 9.40. The topological polar surface area (TPSA) is 70.5 Å². The largest absolute Gasteiger partial charge is 0.481 e. The van der Waals surface area contributed by atoms with Crippen molar-refractivity contribution in [3.05, 3.63) is 29.0 Å². The monoisotopic (exact) mass is 254 g/mol. The maximum atomic E-state index is 11.6. The Bertz CT molecular complexity index is 464. The van der Waals surface area contributed by atoms with Gasteiger partial charge in [0.15, 0.2) is 0 Å². The third kappa shape index (κ3) is 2.74. The number of carbonyl (C=O) groups excluding carboxylic acids is 1. The van der Waals surface area contributed by atoms with Gasteiger partial charge in [0, 0.05) is 24.2 Å². The Morgan fingerprint density at radius 3 is 3.00 bits per heavy atom. The Hall–Kier alpha value is -1.62. The summed E-state index contributed by atoms with van der Waals surface area (Å²) in [6.07, 6.45) is 1.63. The molecule has 2 rings (SSSR count). The van der Waals surface area contributed by atoms with E-state index in [2.05, 4.69) is 4.98 Å². The standard InChI is InChI=1S/C11H11ClN2O3/c12-8-1-2-13-9(4-8)6-14-5-7(11(16)17)3-10(14)15/h1-2,4,7H,3,5-6H2,(H,16,17). The minimum absolute atomic E-state index is 0.0654. The highest BCUT2D eigenvalue weighted by molar-refractivity contribution is 6.30. The molecule has 90 valence electrons.